The van der Waals surface area contributed by atoms with Crippen molar-refractivity contribution < 1.29 is 22.4 Å². The van der Waals surface area contributed by atoms with Gasteiger partial charge in [0, 0.05) is 5.56 Å². The Morgan fingerprint density at radius 1 is 1.11 bits per heavy atom. The molecule has 0 fully saturated rings. The van der Waals surface area contributed by atoms with E-state index in [1.54, 1.807) is 24.3 Å². The number of carbonyl (C=O) groups is 1. The third kappa shape index (κ3) is 4.41. The van der Waals surface area contributed by atoms with E-state index in [1.807, 2.05) is 19.1 Å². The second-order valence-corrected chi connectivity index (χ2v) is 7.80. The molecule has 0 unspecified atom stereocenters. The lowest BCUT2D eigenvalue weighted by Gasteiger charge is -2.13. The fourth-order valence-corrected chi connectivity index (χ4v) is 3.65. The van der Waals surface area contributed by atoms with Crippen LogP contribution < -0.4 is 14.8 Å². The maximum absolute atomic E-state index is 12.6. The average Bonchev–Trinajstić information content (AvgIpc) is 3.20. The number of nitrogens with one attached hydrogen (secondary N) is 2. The number of rotatable bonds is 7. The highest BCUT2D eigenvalue weighted by Gasteiger charge is 2.19. The van der Waals surface area contributed by atoms with Crippen molar-refractivity contribution in [1.82, 2.24) is 4.72 Å². The van der Waals surface area contributed by atoms with E-state index in [-0.39, 0.29) is 23.0 Å². The molecule has 3 aromatic rings. The van der Waals surface area contributed by atoms with Gasteiger partial charge in [0.25, 0.3) is 5.91 Å². The molecule has 0 aliphatic carbocycles. The number of furan rings is 1. The summed E-state index contributed by atoms with van der Waals surface area (Å²) in [6, 6.07) is 14.7. The summed E-state index contributed by atoms with van der Waals surface area (Å²) < 4.78 is 38.0. The highest BCUT2D eigenvalue weighted by molar-refractivity contribution is 7.89. The van der Waals surface area contributed by atoms with Gasteiger partial charge in [-0.1, -0.05) is 18.2 Å². The molecule has 1 heterocycles. The lowest BCUT2D eigenvalue weighted by molar-refractivity contribution is 0.102. The standard InChI is InChI=1S/C20H20N2O5S/c1-14-6-3-4-8-17(14)20(23)22-18-12-16(9-10-19(18)26-2)28(24,25)21-13-15-7-5-11-27-15/h3-12,21H,13H2,1-2H3,(H,22,23). The van der Waals surface area contributed by atoms with Crippen LogP contribution in [0.1, 0.15) is 21.7 Å². The molecule has 8 heteroatoms. The Balaban J connectivity index is 1.85. The summed E-state index contributed by atoms with van der Waals surface area (Å²) in [5, 5.41) is 2.73. The summed E-state index contributed by atoms with van der Waals surface area (Å²) in [5.74, 6) is 0.492. The molecule has 2 N–H and O–H groups in total. The van der Waals surface area contributed by atoms with Gasteiger partial charge in [0.2, 0.25) is 10.0 Å². The average molecular weight is 400 g/mol. The Kier molecular flexibility index (Phi) is 5.81. The van der Waals surface area contributed by atoms with Crippen LogP contribution in [0.25, 0.3) is 0 Å². The largest absolute Gasteiger partial charge is 0.495 e. The van der Waals surface area contributed by atoms with Crippen molar-refractivity contribution in [2.24, 2.45) is 0 Å². The van der Waals surface area contributed by atoms with Crippen LogP contribution in [0.3, 0.4) is 0 Å². The SMILES string of the molecule is COc1ccc(S(=O)(=O)NCc2ccco2)cc1NC(=O)c1ccccc1C. The molecule has 0 aliphatic heterocycles. The normalized spacial score (nSPS) is 11.2. The van der Waals surface area contributed by atoms with Crippen molar-refractivity contribution in [3.63, 3.8) is 0 Å². The molecule has 0 saturated carbocycles. The number of methoxy groups -OCH3 is 1. The molecule has 1 amide bonds. The highest BCUT2D eigenvalue weighted by Crippen LogP contribution is 2.28. The Bertz CT molecular complexity index is 1080. The van der Waals surface area contributed by atoms with Crippen molar-refractivity contribution in [3.05, 3.63) is 77.7 Å². The van der Waals surface area contributed by atoms with Crippen molar-refractivity contribution in [1.29, 1.82) is 0 Å². The minimum absolute atomic E-state index is 0.0000558. The molecule has 7 nitrogen and oxygen atoms in total. The summed E-state index contributed by atoms with van der Waals surface area (Å²) in [5.41, 5.74) is 1.56. The van der Waals surface area contributed by atoms with E-state index >= 15 is 0 Å². The smallest absolute Gasteiger partial charge is 0.256 e. The van der Waals surface area contributed by atoms with Gasteiger partial charge in [0.15, 0.2) is 0 Å². The molecule has 28 heavy (non-hydrogen) atoms. The van der Waals surface area contributed by atoms with E-state index in [0.717, 1.165) is 5.56 Å². The van der Waals surface area contributed by atoms with Crippen LogP contribution in [0.15, 0.2) is 70.2 Å². The van der Waals surface area contributed by atoms with Gasteiger partial charge in [-0.3, -0.25) is 4.79 Å². The maximum Gasteiger partial charge on any atom is 0.256 e. The first-order valence-corrected chi connectivity index (χ1v) is 9.96. The minimum Gasteiger partial charge on any atom is -0.495 e. The third-order valence-electron chi connectivity index (χ3n) is 4.14. The van der Waals surface area contributed by atoms with E-state index < -0.39 is 10.0 Å². The number of benzene rings is 2. The molecule has 0 aliphatic rings. The number of amides is 1. The summed E-state index contributed by atoms with van der Waals surface area (Å²) in [6.07, 6.45) is 1.47. The third-order valence-corrected chi connectivity index (χ3v) is 5.53. The quantitative estimate of drug-likeness (QED) is 0.634. The van der Waals surface area contributed by atoms with E-state index in [0.29, 0.717) is 17.1 Å². The number of sulfonamides is 1. The number of anilines is 1. The van der Waals surface area contributed by atoms with Crippen LogP contribution in [0.5, 0.6) is 5.75 Å². The molecular weight excluding hydrogens is 380 g/mol. The van der Waals surface area contributed by atoms with Crippen LogP contribution >= 0.6 is 0 Å². The van der Waals surface area contributed by atoms with Gasteiger partial charge in [-0.05, 0) is 48.9 Å². The summed E-state index contributed by atoms with van der Waals surface area (Å²) in [4.78, 5) is 12.6. The van der Waals surface area contributed by atoms with Crippen LogP contribution in [-0.4, -0.2) is 21.4 Å². The minimum atomic E-state index is -3.81. The predicted molar refractivity (Wildman–Crippen MR) is 105 cm³/mol. The molecular formula is C20H20N2O5S. The number of aryl methyl sites for hydroxylation is 1. The Morgan fingerprint density at radius 2 is 1.89 bits per heavy atom. The van der Waals surface area contributed by atoms with Crippen LogP contribution in [0.4, 0.5) is 5.69 Å². The summed E-state index contributed by atoms with van der Waals surface area (Å²) >= 11 is 0. The van der Waals surface area contributed by atoms with Gasteiger partial charge >= 0.3 is 0 Å². The van der Waals surface area contributed by atoms with Crippen molar-refractivity contribution in [3.8, 4) is 5.75 Å². The fraction of sp³-hybridized carbons (Fsp3) is 0.150. The summed E-state index contributed by atoms with van der Waals surface area (Å²) in [7, 11) is -2.36. The van der Waals surface area contributed by atoms with E-state index in [2.05, 4.69) is 10.0 Å². The second kappa shape index (κ2) is 8.28. The molecule has 0 spiro atoms. The number of hydrogen-bond acceptors (Lipinski definition) is 5. The van der Waals surface area contributed by atoms with Crippen molar-refractivity contribution in [2.75, 3.05) is 12.4 Å². The second-order valence-electron chi connectivity index (χ2n) is 6.04. The van der Waals surface area contributed by atoms with Gasteiger partial charge in [-0.25, -0.2) is 13.1 Å². The van der Waals surface area contributed by atoms with Gasteiger partial charge in [-0.2, -0.15) is 0 Å². The molecule has 0 saturated heterocycles. The zero-order chi connectivity index (χ0) is 20.1. The predicted octanol–water partition coefficient (Wildman–Crippen LogP) is 3.33. The van der Waals surface area contributed by atoms with E-state index in [1.165, 1.54) is 31.6 Å². The number of hydrogen-bond donors (Lipinski definition) is 2. The zero-order valence-corrected chi connectivity index (χ0v) is 16.2. The molecule has 3 rings (SSSR count). The lowest BCUT2D eigenvalue weighted by atomic mass is 10.1. The summed E-state index contributed by atoms with van der Waals surface area (Å²) in [6.45, 7) is 1.85. The maximum atomic E-state index is 12.6. The Labute approximate surface area is 163 Å². The van der Waals surface area contributed by atoms with E-state index in [9.17, 15) is 13.2 Å². The van der Waals surface area contributed by atoms with Crippen molar-refractivity contribution >= 4 is 21.6 Å². The lowest BCUT2D eigenvalue weighted by Crippen LogP contribution is -2.23. The zero-order valence-electron chi connectivity index (χ0n) is 15.4. The van der Waals surface area contributed by atoms with Gasteiger partial charge in [-0.15, -0.1) is 0 Å². The molecule has 2 aromatic carbocycles. The first kappa shape index (κ1) is 19.7. The van der Waals surface area contributed by atoms with Crippen LogP contribution in [0, 0.1) is 6.92 Å². The van der Waals surface area contributed by atoms with Crippen LogP contribution in [-0.2, 0) is 16.6 Å². The number of carbonyl (C=O) groups excluding carboxylic acids is 1. The first-order valence-electron chi connectivity index (χ1n) is 8.48. The van der Waals surface area contributed by atoms with Gasteiger partial charge in [0.1, 0.15) is 11.5 Å². The number of ether oxygens (including phenoxy) is 1. The topological polar surface area (TPSA) is 97.6 Å². The highest BCUT2D eigenvalue weighted by atomic mass is 32.2. The van der Waals surface area contributed by atoms with Gasteiger partial charge in [0.05, 0.1) is 30.5 Å². The van der Waals surface area contributed by atoms with Crippen molar-refractivity contribution in [2.45, 2.75) is 18.4 Å². The monoisotopic (exact) mass is 400 g/mol. The Hall–Kier alpha value is -3.10. The van der Waals surface area contributed by atoms with E-state index in [4.69, 9.17) is 9.15 Å². The Morgan fingerprint density at radius 3 is 2.57 bits per heavy atom. The molecule has 0 atom stereocenters. The molecule has 1 aromatic heterocycles. The van der Waals surface area contributed by atoms with Gasteiger partial charge < -0.3 is 14.5 Å². The first-order chi connectivity index (χ1) is 13.4. The molecule has 0 radical (unpaired) electrons. The fourth-order valence-electron chi connectivity index (χ4n) is 2.63. The molecule has 146 valence electrons. The van der Waals surface area contributed by atoms with Crippen LogP contribution in [0.2, 0.25) is 0 Å². The molecule has 0 bridgehead atoms.